The Morgan fingerprint density at radius 3 is 2.30 bits per heavy atom. The molecule has 1 atom stereocenters. The summed E-state index contributed by atoms with van der Waals surface area (Å²) in [5, 5.41) is 9.13. The molecule has 0 saturated carbocycles. The van der Waals surface area contributed by atoms with Crippen LogP contribution in [0.2, 0.25) is 0 Å². The van der Waals surface area contributed by atoms with Gasteiger partial charge >= 0.3 is 5.97 Å². The lowest BCUT2D eigenvalue weighted by Crippen LogP contribution is -2.23. The molecule has 1 aromatic rings. The average Bonchev–Trinajstić information content (AvgIpc) is 2.45. The van der Waals surface area contributed by atoms with Crippen LogP contribution in [0.15, 0.2) is 42.0 Å². The van der Waals surface area contributed by atoms with Crippen molar-refractivity contribution in [3.8, 4) is 0 Å². The smallest absolute Gasteiger partial charge is 0.333 e. The highest BCUT2D eigenvalue weighted by Gasteiger charge is 2.08. The van der Waals surface area contributed by atoms with Gasteiger partial charge in [-0.2, -0.15) is 0 Å². The highest BCUT2D eigenvalue weighted by atomic mass is 16.5. The molecule has 0 aliphatic rings. The van der Waals surface area contributed by atoms with Gasteiger partial charge in [-0.3, -0.25) is 0 Å². The Balaban J connectivity index is 0.000000428. The lowest BCUT2D eigenvalue weighted by molar-refractivity contribution is -0.142. The summed E-state index contributed by atoms with van der Waals surface area (Å²) < 4.78 is 9.44. The van der Waals surface area contributed by atoms with E-state index in [0.29, 0.717) is 5.57 Å². The first kappa shape index (κ1) is 18.4. The molecule has 1 rings (SSSR count). The molecule has 4 heteroatoms. The van der Waals surface area contributed by atoms with Crippen LogP contribution < -0.4 is 0 Å². The van der Waals surface area contributed by atoms with Gasteiger partial charge in [-0.1, -0.05) is 42.0 Å². The maximum Gasteiger partial charge on any atom is 0.333 e. The quantitative estimate of drug-likeness (QED) is 0.665. The van der Waals surface area contributed by atoms with Crippen LogP contribution in [0.4, 0.5) is 0 Å². The Morgan fingerprint density at radius 2 is 1.90 bits per heavy atom. The van der Waals surface area contributed by atoms with Gasteiger partial charge in [0.05, 0.1) is 6.61 Å². The predicted molar refractivity (Wildman–Crippen MR) is 79.5 cm³/mol. The van der Waals surface area contributed by atoms with Crippen molar-refractivity contribution >= 4 is 5.97 Å². The molecule has 1 unspecified atom stereocenters. The number of rotatable bonds is 5. The fourth-order valence-electron chi connectivity index (χ4n) is 1.18. The van der Waals surface area contributed by atoms with Gasteiger partial charge in [-0.25, -0.2) is 4.79 Å². The van der Waals surface area contributed by atoms with Crippen molar-refractivity contribution in [2.24, 2.45) is 0 Å². The van der Waals surface area contributed by atoms with Crippen molar-refractivity contribution in [2.45, 2.75) is 26.9 Å². The largest absolute Gasteiger partial charge is 0.459 e. The minimum Gasteiger partial charge on any atom is -0.459 e. The van der Waals surface area contributed by atoms with E-state index >= 15 is 0 Å². The number of aliphatic hydroxyl groups is 1. The summed E-state index contributed by atoms with van der Waals surface area (Å²) in [7, 11) is 1.47. The van der Waals surface area contributed by atoms with Gasteiger partial charge in [0.1, 0.15) is 12.7 Å². The third kappa shape index (κ3) is 9.30. The molecule has 20 heavy (non-hydrogen) atoms. The Kier molecular flexibility index (Phi) is 10.3. The van der Waals surface area contributed by atoms with E-state index in [0.717, 1.165) is 0 Å². The van der Waals surface area contributed by atoms with Gasteiger partial charge in [0.2, 0.25) is 0 Å². The van der Waals surface area contributed by atoms with Crippen molar-refractivity contribution in [3.63, 3.8) is 0 Å². The van der Waals surface area contributed by atoms with E-state index in [1.165, 1.54) is 12.7 Å². The predicted octanol–water partition coefficient (Wildman–Crippen LogP) is 2.50. The zero-order valence-corrected chi connectivity index (χ0v) is 12.6. The van der Waals surface area contributed by atoms with Gasteiger partial charge in [-0.15, -0.1) is 0 Å². The second kappa shape index (κ2) is 11.2. The summed E-state index contributed by atoms with van der Waals surface area (Å²) in [5.74, 6) is -0.405. The van der Waals surface area contributed by atoms with Gasteiger partial charge in [-0.05, 0) is 20.8 Å². The van der Waals surface area contributed by atoms with E-state index in [2.05, 4.69) is 23.8 Å². The summed E-state index contributed by atoms with van der Waals surface area (Å²) in [4.78, 5) is 11.0. The second-order valence-corrected chi connectivity index (χ2v) is 4.33. The van der Waals surface area contributed by atoms with Crippen LogP contribution in [0.1, 0.15) is 19.4 Å². The Morgan fingerprint density at radius 1 is 1.30 bits per heavy atom. The summed E-state index contributed by atoms with van der Waals surface area (Å²) in [6.07, 6.45) is 0.906. The Labute approximate surface area is 121 Å². The molecule has 0 aliphatic carbocycles. The molecule has 0 aliphatic heterocycles. The van der Waals surface area contributed by atoms with Crippen molar-refractivity contribution in [1.82, 2.24) is 0 Å². The van der Waals surface area contributed by atoms with Crippen molar-refractivity contribution in [3.05, 3.63) is 47.5 Å². The first-order valence-corrected chi connectivity index (χ1v) is 6.50. The molecule has 0 heterocycles. The molecule has 0 bridgehead atoms. The number of allylic oxidation sites excluding steroid dienone is 1. The minimum absolute atomic E-state index is 0.0299. The first-order valence-electron chi connectivity index (χ1n) is 6.50. The van der Waals surface area contributed by atoms with Crippen LogP contribution in [0.5, 0.6) is 0 Å². The fraction of sp³-hybridized carbons (Fsp3) is 0.438. The van der Waals surface area contributed by atoms with E-state index in [1.54, 1.807) is 19.9 Å². The standard InChI is InChI=1S/C9H16O4.C7H8/c1-4-7(2)9(11)13-6-8(10)5-12-3;1-7-5-3-2-4-6-7/h4,8,10H,5-6H2,1-3H3;2-6H,1H3. The third-order valence-electron chi connectivity index (χ3n) is 2.46. The van der Waals surface area contributed by atoms with Gasteiger partial charge in [0, 0.05) is 12.7 Å². The fourth-order valence-corrected chi connectivity index (χ4v) is 1.18. The third-order valence-corrected chi connectivity index (χ3v) is 2.46. The van der Waals surface area contributed by atoms with Crippen molar-refractivity contribution < 1.29 is 19.4 Å². The lowest BCUT2D eigenvalue weighted by atomic mass is 10.2. The minimum atomic E-state index is -0.751. The summed E-state index contributed by atoms with van der Waals surface area (Å²) >= 11 is 0. The molecule has 0 spiro atoms. The zero-order chi connectivity index (χ0) is 15.4. The number of methoxy groups -OCH3 is 1. The molecular formula is C16H24O4. The van der Waals surface area contributed by atoms with E-state index in [9.17, 15) is 4.79 Å². The molecule has 0 fully saturated rings. The summed E-state index contributed by atoms with van der Waals surface area (Å²) in [6.45, 7) is 5.63. The number of hydrogen-bond acceptors (Lipinski definition) is 4. The van der Waals surface area contributed by atoms with E-state index < -0.39 is 12.1 Å². The highest BCUT2D eigenvalue weighted by molar-refractivity contribution is 5.87. The van der Waals surface area contributed by atoms with Crippen LogP contribution in [-0.4, -0.2) is 37.5 Å². The molecule has 1 N–H and O–H groups in total. The highest BCUT2D eigenvalue weighted by Crippen LogP contribution is 1.97. The summed E-state index contributed by atoms with van der Waals surface area (Å²) in [5.41, 5.74) is 1.85. The molecule has 0 aromatic heterocycles. The maximum atomic E-state index is 11.0. The molecule has 1 aromatic carbocycles. The van der Waals surface area contributed by atoms with Gasteiger partial charge in [0.25, 0.3) is 0 Å². The van der Waals surface area contributed by atoms with Crippen LogP contribution in [0, 0.1) is 6.92 Å². The SMILES string of the molecule is CC=C(C)C(=O)OCC(O)COC.Cc1ccccc1. The van der Waals surface area contributed by atoms with Crippen molar-refractivity contribution in [1.29, 1.82) is 0 Å². The monoisotopic (exact) mass is 280 g/mol. The van der Waals surface area contributed by atoms with E-state index in [-0.39, 0.29) is 13.2 Å². The molecule has 0 saturated heterocycles. The zero-order valence-electron chi connectivity index (χ0n) is 12.6. The number of aryl methyl sites for hydroxylation is 1. The maximum absolute atomic E-state index is 11.0. The number of ether oxygens (including phenoxy) is 2. The molecule has 0 radical (unpaired) electrons. The number of esters is 1. The lowest BCUT2D eigenvalue weighted by Gasteiger charge is -2.09. The topological polar surface area (TPSA) is 55.8 Å². The number of aliphatic hydroxyl groups excluding tert-OH is 1. The van der Waals surface area contributed by atoms with Crippen LogP contribution in [0.3, 0.4) is 0 Å². The molecular weight excluding hydrogens is 256 g/mol. The molecule has 112 valence electrons. The number of hydrogen-bond donors (Lipinski definition) is 1. The molecule has 4 nitrogen and oxygen atoms in total. The molecule has 0 amide bonds. The average molecular weight is 280 g/mol. The van der Waals surface area contributed by atoms with Crippen LogP contribution in [0.25, 0.3) is 0 Å². The second-order valence-electron chi connectivity index (χ2n) is 4.33. The van der Waals surface area contributed by atoms with E-state index in [1.807, 2.05) is 18.2 Å². The van der Waals surface area contributed by atoms with Crippen LogP contribution >= 0.6 is 0 Å². The van der Waals surface area contributed by atoms with Gasteiger partial charge < -0.3 is 14.6 Å². The van der Waals surface area contributed by atoms with Crippen molar-refractivity contribution in [2.75, 3.05) is 20.3 Å². The Bertz CT molecular complexity index is 398. The normalized spacial score (nSPS) is 12.2. The summed E-state index contributed by atoms with van der Waals surface area (Å²) in [6, 6.07) is 10.3. The van der Waals surface area contributed by atoms with Gasteiger partial charge in [0.15, 0.2) is 0 Å². The number of carbonyl (C=O) groups excluding carboxylic acids is 1. The van der Waals surface area contributed by atoms with Crippen LogP contribution in [-0.2, 0) is 14.3 Å². The first-order chi connectivity index (χ1) is 9.51. The number of benzene rings is 1. The Hall–Kier alpha value is -1.65. The van der Waals surface area contributed by atoms with E-state index in [4.69, 9.17) is 9.84 Å². The number of carbonyl (C=O) groups is 1.